The maximum absolute atomic E-state index is 12.3. The van der Waals surface area contributed by atoms with Crippen molar-refractivity contribution in [2.75, 3.05) is 13.1 Å². The average Bonchev–Trinajstić information content (AvgIpc) is 2.48. The summed E-state index contributed by atoms with van der Waals surface area (Å²) >= 11 is 0. The van der Waals surface area contributed by atoms with E-state index in [4.69, 9.17) is 4.74 Å². The van der Waals surface area contributed by atoms with Crippen molar-refractivity contribution in [1.82, 2.24) is 4.90 Å². The fraction of sp³-hybridized carbons (Fsp3) is 0.529. The maximum atomic E-state index is 12.3. The van der Waals surface area contributed by atoms with Gasteiger partial charge in [0.2, 0.25) is 6.04 Å². The summed E-state index contributed by atoms with van der Waals surface area (Å²) in [5.41, 5.74) is 0.845. The van der Waals surface area contributed by atoms with Crippen LogP contribution in [0.1, 0.15) is 45.3 Å². The van der Waals surface area contributed by atoms with Crippen LogP contribution in [0.25, 0.3) is 0 Å². The molecule has 0 saturated carbocycles. The number of nitrogens with zero attached hydrogens (tertiary/aromatic N) is 1. The SMILES string of the molecule is CCCN(CCC)C(C(=O)O)C(=O)OC(C)c1ccccc1. The zero-order valence-electron chi connectivity index (χ0n) is 13.5. The van der Waals surface area contributed by atoms with Gasteiger partial charge in [0.1, 0.15) is 6.10 Å². The van der Waals surface area contributed by atoms with E-state index in [1.165, 1.54) is 0 Å². The van der Waals surface area contributed by atoms with Gasteiger partial charge in [-0.2, -0.15) is 0 Å². The Hall–Kier alpha value is -1.88. The number of hydrogen-bond donors (Lipinski definition) is 1. The lowest BCUT2D eigenvalue weighted by atomic mass is 10.1. The third-order valence-electron chi connectivity index (χ3n) is 3.41. The van der Waals surface area contributed by atoms with Gasteiger partial charge in [0.15, 0.2) is 0 Å². The molecule has 22 heavy (non-hydrogen) atoms. The van der Waals surface area contributed by atoms with Crippen LogP contribution in [0, 0.1) is 0 Å². The van der Waals surface area contributed by atoms with Crippen LogP contribution in [0.5, 0.6) is 0 Å². The summed E-state index contributed by atoms with van der Waals surface area (Å²) in [7, 11) is 0. The third kappa shape index (κ3) is 5.15. The normalized spacial score (nSPS) is 13.6. The molecule has 1 aromatic rings. The summed E-state index contributed by atoms with van der Waals surface area (Å²) in [4.78, 5) is 25.5. The Morgan fingerprint density at radius 1 is 1.14 bits per heavy atom. The third-order valence-corrected chi connectivity index (χ3v) is 3.41. The Labute approximate surface area is 131 Å². The molecular weight excluding hydrogens is 282 g/mol. The fourth-order valence-corrected chi connectivity index (χ4v) is 2.38. The molecule has 0 saturated heterocycles. The molecule has 0 amide bonds. The molecule has 2 unspecified atom stereocenters. The zero-order valence-corrected chi connectivity index (χ0v) is 13.5. The molecule has 0 aliphatic heterocycles. The van der Waals surface area contributed by atoms with Crippen molar-refractivity contribution in [3.05, 3.63) is 35.9 Å². The van der Waals surface area contributed by atoms with E-state index in [0.717, 1.165) is 18.4 Å². The van der Waals surface area contributed by atoms with E-state index >= 15 is 0 Å². The molecule has 0 spiro atoms. The molecule has 1 aromatic carbocycles. The number of aliphatic carboxylic acids is 1. The number of rotatable bonds is 9. The van der Waals surface area contributed by atoms with Gasteiger partial charge in [-0.25, -0.2) is 9.59 Å². The summed E-state index contributed by atoms with van der Waals surface area (Å²) in [6.45, 7) is 6.77. The van der Waals surface area contributed by atoms with Crippen LogP contribution in [0.4, 0.5) is 0 Å². The Kier molecular flexibility index (Phi) is 7.60. The second kappa shape index (κ2) is 9.20. The van der Waals surface area contributed by atoms with Crippen LogP contribution in [0.2, 0.25) is 0 Å². The number of hydrogen-bond acceptors (Lipinski definition) is 4. The van der Waals surface area contributed by atoms with Gasteiger partial charge in [-0.3, -0.25) is 4.90 Å². The van der Waals surface area contributed by atoms with E-state index in [9.17, 15) is 14.7 Å². The first-order chi connectivity index (χ1) is 10.5. The van der Waals surface area contributed by atoms with Gasteiger partial charge in [0, 0.05) is 0 Å². The molecule has 1 N–H and O–H groups in total. The van der Waals surface area contributed by atoms with Gasteiger partial charge >= 0.3 is 11.9 Å². The van der Waals surface area contributed by atoms with Gasteiger partial charge in [-0.05, 0) is 38.4 Å². The molecule has 2 atom stereocenters. The van der Waals surface area contributed by atoms with Gasteiger partial charge in [0.05, 0.1) is 0 Å². The first-order valence-electron chi connectivity index (χ1n) is 7.73. The molecular formula is C17H25NO4. The average molecular weight is 307 g/mol. The highest BCUT2D eigenvalue weighted by Gasteiger charge is 2.34. The Morgan fingerprint density at radius 3 is 2.14 bits per heavy atom. The molecule has 0 bridgehead atoms. The van der Waals surface area contributed by atoms with E-state index in [0.29, 0.717) is 13.1 Å². The first-order valence-corrected chi connectivity index (χ1v) is 7.73. The van der Waals surface area contributed by atoms with Crippen molar-refractivity contribution >= 4 is 11.9 Å². The number of carboxylic acids is 1. The molecule has 1 rings (SSSR count). The Balaban J connectivity index is 2.82. The van der Waals surface area contributed by atoms with Crippen LogP contribution in [0.15, 0.2) is 30.3 Å². The minimum Gasteiger partial charge on any atom is -0.480 e. The summed E-state index contributed by atoms with van der Waals surface area (Å²) < 4.78 is 5.37. The lowest BCUT2D eigenvalue weighted by molar-refractivity contribution is -0.164. The van der Waals surface area contributed by atoms with Crippen molar-refractivity contribution in [1.29, 1.82) is 0 Å². The number of benzene rings is 1. The lowest BCUT2D eigenvalue weighted by Crippen LogP contribution is -2.48. The van der Waals surface area contributed by atoms with Gasteiger partial charge in [-0.1, -0.05) is 44.2 Å². The molecule has 5 heteroatoms. The van der Waals surface area contributed by atoms with Crippen LogP contribution in [-0.4, -0.2) is 41.1 Å². The summed E-state index contributed by atoms with van der Waals surface area (Å²) in [6.07, 6.45) is 1.09. The molecule has 0 fully saturated rings. The maximum Gasteiger partial charge on any atom is 0.335 e. The van der Waals surface area contributed by atoms with Crippen molar-refractivity contribution in [3.8, 4) is 0 Å². The minimum atomic E-state index is -1.24. The van der Waals surface area contributed by atoms with Crippen molar-refractivity contribution in [2.24, 2.45) is 0 Å². The molecule has 0 aliphatic rings. The molecule has 0 heterocycles. The van der Waals surface area contributed by atoms with Gasteiger partial charge in [-0.15, -0.1) is 0 Å². The van der Waals surface area contributed by atoms with E-state index in [2.05, 4.69) is 0 Å². The minimum absolute atomic E-state index is 0.472. The van der Waals surface area contributed by atoms with E-state index in [-0.39, 0.29) is 0 Å². The van der Waals surface area contributed by atoms with Crippen molar-refractivity contribution in [2.45, 2.75) is 45.8 Å². The molecule has 5 nitrogen and oxygen atoms in total. The highest BCUT2D eigenvalue weighted by Crippen LogP contribution is 2.18. The molecule has 0 radical (unpaired) electrons. The second-order valence-electron chi connectivity index (χ2n) is 5.27. The van der Waals surface area contributed by atoms with E-state index in [1.54, 1.807) is 11.8 Å². The van der Waals surface area contributed by atoms with Gasteiger partial charge < -0.3 is 9.84 Å². The number of carboxylic acid groups (broad SMARTS) is 1. The Bertz CT molecular complexity index is 469. The monoisotopic (exact) mass is 307 g/mol. The van der Waals surface area contributed by atoms with E-state index < -0.39 is 24.1 Å². The summed E-state index contributed by atoms with van der Waals surface area (Å²) in [6, 6.07) is 8.05. The number of carbonyl (C=O) groups excluding carboxylic acids is 1. The molecule has 0 aromatic heterocycles. The van der Waals surface area contributed by atoms with Crippen molar-refractivity contribution < 1.29 is 19.4 Å². The standard InChI is InChI=1S/C17H25NO4/c1-4-11-18(12-5-2)15(16(19)20)17(21)22-13(3)14-9-7-6-8-10-14/h6-10,13,15H,4-5,11-12H2,1-3H3,(H,19,20). The first kappa shape index (κ1) is 18.2. The topological polar surface area (TPSA) is 66.8 Å². The van der Waals surface area contributed by atoms with Crippen LogP contribution in [-0.2, 0) is 14.3 Å². The summed E-state index contributed by atoms with van der Waals surface area (Å²) in [5, 5.41) is 9.41. The summed E-state index contributed by atoms with van der Waals surface area (Å²) in [5.74, 6) is -1.86. The number of ether oxygens (including phenoxy) is 1. The number of esters is 1. The van der Waals surface area contributed by atoms with Crippen LogP contribution >= 0.6 is 0 Å². The predicted molar refractivity (Wildman–Crippen MR) is 84.5 cm³/mol. The van der Waals surface area contributed by atoms with E-state index in [1.807, 2.05) is 44.2 Å². The largest absolute Gasteiger partial charge is 0.480 e. The zero-order chi connectivity index (χ0) is 16.5. The predicted octanol–water partition coefficient (Wildman–Crippen LogP) is 2.87. The van der Waals surface area contributed by atoms with Crippen LogP contribution in [0.3, 0.4) is 0 Å². The lowest BCUT2D eigenvalue weighted by Gasteiger charge is -2.27. The van der Waals surface area contributed by atoms with Gasteiger partial charge in [0.25, 0.3) is 0 Å². The van der Waals surface area contributed by atoms with Crippen LogP contribution < -0.4 is 0 Å². The molecule has 122 valence electrons. The second-order valence-corrected chi connectivity index (χ2v) is 5.27. The van der Waals surface area contributed by atoms with Crippen molar-refractivity contribution in [3.63, 3.8) is 0 Å². The highest BCUT2D eigenvalue weighted by molar-refractivity contribution is 5.98. The fourth-order valence-electron chi connectivity index (χ4n) is 2.38. The Morgan fingerprint density at radius 2 is 1.68 bits per heavy atom. The highest BCUT2D eigenvalue weighted by atomic mass is 16.5. The molecule has 0 aliphatic carbocycles. The quantitative estimate of drug-likeness (QED) is 0.561. The smallest absolute Gasteiger partial charge is 0.335 e. The number of carbonyl (C=O) groups is 2.